The van der Waals surface area contributed by atoms with Crippen molar-refractivity contribution in [1.82, 2.24) is 14.8 Å². The van der Waals surface area contributed by atoms with Crippen molar-refractivity contribution in [2.45, 2.75) is 6.42 Å². The molecule has 4 rings (SSSR count). The van der Waals surface area contributed by atoms with Crippen LogP contribution in [-0.2, 0) is 18.3 Å². The second-order valence-electron chi connectivity index (χ2n) is 6.04. The molecule has 0 radical (unpaired) electrons. The van der Waals surface area contributed by atoms with Gasteiger partial charge in [0.2, 0.25) is 5.91 Å². The number of anilines is 1. The van der Waals surface area contributed by atoms with Crippen LogP contribution in [0.5, 0.6) is 0 Å². The topological polar surface area (TPSA) is 76.9 Å². The normalized spacial score (nSPS) is 11.0. The minimum Gasteiger partial charge on any atom is -0.310 e. The molecular weight excluding hydrogens is 328 g/mol. The highest BCUT2D eigenvalue weighted by Crippen LogP contribution is 2.16. The van der Waals surface area contributed by atoms with E-state index in [2.05, 4.69) is 15.4 Å². The van der Waals surface area contributed by atoms with E-state index in [9.17, 15) is 9.59 Å². The number of rotatable bonds is 3. The third-order valence-corrected chi connectivity index (χ3v) is 4.23. The summed E-state index contributed by atoms with van der Waals surface area (Å²) < 4.78 is 1.26. The van der Waals surface area contributed by atoms with Crippen LogP contribution in [0.4, 0.5) is 5.82 Å². The van der Waals surface area contributed by atoms with Gasteiger partial charge in [-0.2, -0.15) is 5.10 Å². The van der Waals surface area contributed by atoms with Crippen molar-refractivity contribution >= 4 is 33.4 Å². The minimum absolute atomic E-state index is 0.0587. The van der Waals surface area contributed by atoms with Crippen molar-refractivity contribution in [3.63, 3.8) is 0 Å². The quantitative estimate of drug-likeness (QED) is 0.620. The Morgan fingerprint density at radius 1 is 1.00 bits per heavy atom. The summed E-state index contributed by atoms with van der Waals surface area (Å²) in [5.74, 6) is 0.256. The number of fused-ring (bicyclic) bond motifs is 2. The molecule has 2 heterocycles. The van der Waals surface area contributed by atoms with Crippen molar-refractivity contribution in [1.29, 1.82) is 0 Å². The molecule has 1 N–H and O–H groups in total. The van der Waals surface area contributed by atoms with Gasteiger partial charge in [0.15, 0.2) is 0 Å². The number of pyridine rings is 1. The zero-order valence-corrected chi connectivity index (χ0v) is 14.1. The summed E-state index contributed by atoms with van der Waals surface area (Å²) in [5.41, 5.74) is 1.19. The van der Waals surface area contributed by atoms with Crippen LogP contribution in [0, 0.1) is 0 Å². The van der Waals surface area contributed by atoms with Crippen LogP contribution in [0.3, 0.4) is 0 Å². The molecule has 0 aliphatic carbocycles. The highest BCUT2D eigenvalue weighted by atomic mass is 16.1. The Balaban J connectivity index is 1.63. The lowest BCUT2D eigenvalue weighted by molar-refractivity contribution is -0.115. The molecule has 0 aliphatic heterocycles. The Morgan fingerprint density at radius 2 is 1.73 bits per heavy atom. The van der Waals surface area contributed by atoms with Crippen LogP contribution < -0.4 is 10.9 Å². The fourth-order valence-corrected chi connectivity index (χ4v) is 2.98. The van der Waals surface area contributed by atoms with E-state index in [1.54, 1.807) is 31.3 Å². The molecule has 0 saturated carbocycles. The van der Waals surface area contributed by atoms with E-state index in [0.29, 0.717) is 22.3 Å². The maximum atomic E-state index is 12.5. The number of carbonyl (C=O) groups is 1. The van der Waals surface area contributed by atoms with Crippen molar-refractivity contribution in [2.24, 2.45) is 7.05 Å². The maximum Gasteiger partial charge on any atom is 0.274 e. The third-order valence-electron chi connectivity index (χ3n) is 4.23. The van der Waals surface area contributed by atoms with Gasteiger partial charge in [0.25, 0.3) is 5.56 Å². The second-order valence-corrected chi connectivity index (χ2v) is 6.04. The van der Waals surface area contributed by atoms with Crippen molar-refractivity contribution in [3.05, 3.63) is 76.7 Å². The Labute approximate surface area is 149 Å². The molecule has 128 valence electrons. The first-order chi connectivity index (χ1) is 12.6. The molecule has 6 heteroatoms. The minimum atomic E-state index is -0.232. The number of nitrogens with zero attached hydrogens (tertiary/aromatic N) is 3. The lowest BCUT2D eigenvalue weighted by atomic mass is 10.1. The fourth-order valence-electron chi connectivity index (χ4n) is 2.98. The standard InChI is InChI=1S/C20H16N4O2/c1-24-20(26)15-8-4-3-7-14(15)17(23-24)12-19(25)22-18-11-10-13-6-2-5-9-16(13)21-18/h2-11H,12H2,1H3,(H,21,22,25). The first-order valence-corrected chi connectivity index (χ1v) is 8.22. The van der Waals surface area contributed by atoms with Gasteiger partial charge >= 0.3 is 0 Å². The first-order valence-electron chi connectivity index (χ1n) is 8.22. The number of carbonyl (C=O) groups excluding carboxylic acids is 1. The van der Waals surface area contributed by atoms with Crippen LogP contribution in [0.1, 0.15) is 5.69 Å². The van der Waals surface area contributed by atoms with Gasteiger partial charge in [-0.3, -0.25) is 9.59 Å². The summed E-state index contributed by atoms with van der Waals surface area (Å²) in [6.45, 7) is 0. The molecule has 2 aromatic heterocycles. The smallest absolute Gasteiger partial charge is 0.274 e. The average Bonchev–Trinajstić information content (AvgIpc) is 2.66. The number of hydrogen-bond donors (Lipinski definition) is 1. The molecular formula is C20H16N4O2. The Bertz CT molecular complexity index is 1200. The van der Waals surface area contributed by atoms with E-state index in [4.69, 9.17) is 0 Å². The van der Waals surface area contributed by atoms with Crippen LogP contribution in [0.25, 0.3) is 21.7 Å². The van der Waals surface area contributed by atoms with Crippen LogP contribution >= 0.6 is 0 Å². The molecule has 0 fully saturated rings. The maximum absolute atomic E-state index is 12.5. The molecule has 0 aliphatic rings. The number of aryl methyl sites for hydroxylation is 1. The largest absolute Gasteiger partial charge is 0.310 e. The Hall–Kier alpha value is -3.54. The van der Waals surface area contributed by atoms with Gasteiger partial charge in [0.05, 0.1) is 23.0 Å². The predicted octanol–water partition coefficient (Wildman–Crippen LogP) is 2.66. The molecule has 0 bridgehead atoms. The van der Waals surface area contributed by atoms with Gasteiger partial charge in [-0.1, -0.05) is 36.4 Å². The summed E-state index contributed by atoms with van der Waals surface area (Å²) in [6, 6.07) is 18.6. The number of para-hydroxylation sites is 1. The van der Waals surface area contributed by atoms with E-state index >= 15 is 0 Å². The number of benzene rings is 2. The molecule has 0 saturated heterocycles. The first kappa shape index (κ1) is 16.0. The van der Waals surface area contributed by atoms with Crippen molar-refractivity contribution < 1.29 is 4.79 Å². The lowest BCUT2D eigenvalue weighted by Gasteiger charge is -2.09. The summed E-state index contributed by atoms with van der Waals surface area (Å²) in [6.07, 6.45) is 0.0587. The molecule has 2 aromatic carbocycles. The number of nitrogens with one attached hydrogen (secondary N) is 1. The van der Waals surface area contributed by atoms with E-state index in [0.717, 1.165) is 10.9 Å². The summed E-state index contributed by atoms with van der Waals surface area (Å²) >= 11 is 0. The second kappa shape index (κ2) is 6.40. The van der Waals surface area contributed by atoms with Gasteiger partial charge in [-0.05, 0) is 24.3 Å². The van der Waals surface area contributed by atoms with Crippen LogP contribution in [0.2, 0.25) is 0 Å². The fraction of sp³-hybridized carbons (Fsp3) is 0.100. The van der Waals surface area contributed by atoms with E-state index < -0.39 is 0 Å². The zero-order chi connectivity index (χ0) is 18.1. The van der Waals surface area contributed by atoms with E-state index in [1.807, 2.05) is 36.4 Å². The van der Waals surface area contributed by atoms with Gasteiger partial charge in [0, 0.05) is 17.8 Å². The number of hydrogen-bond acceptors (Lipinski definition) is 4. The molecule has 0 atom stereocenters. The van der Waals surface area contributed by atoms with Crippen LogP contribution in [-0.4, -0.2) is 20.7 Å². The molecule has 6 nitrogen and oxygen atoms in total. The summed E-state index contributed by atoms with van der Waals surface area (Å²) in [5, 5.41) is 9.31. The average molecular weight is 344 g/mol. The highest BCUT2D eigenvalue weighted by Gasteiger charge is 2.13. The number of amides is 1. The predicted molar refractivity (Wildman–Crippen MR) is 101 cm³/mol. The van der Waals surface area contributed by atoms with Crippen molar-refractivity contribution in [3.8, 4) is 0 Å². The summed E-state index contributed by atoms with van der Waals surface area (Å²) in [4.78, 5) is 29.1. The van der Waals surface area contributed by atoms with Gasteiger partial charge in [-0.15, -0.1) is 0 Å². The van der Waals surface area contributed by atoms with Crippen LogP contribution in [0.15, 0.2) is 65.5 Å². The highest BCUT2D eigenvalue weighted by molar-refractivity contribution is 5.95. The van der Waals surface area contributed by atoms with E-state index in [-0.39, 0.29) is 17.9 Å². The Morgan fingerprint density at radius 3 is 2.58 bits per heavy atom. The third kappa shape index (κ3) is 2.93. The summed E-state index contributed by atoms with van der Waals surface area (Å²) in [7, 11) is 1.58. The lowest BCUT2D eigenvalue weighted by Crippen LogP contribution is -2.24. The SMILES string of the molecule is Cn1nc(CC(=O)Nc2ccc3ccccc3n2)c2ccccc2c1=O. The molecule has 0 spiro atoms. The van der Waals surface area contributed by atoms with Gasteiger partial charge in [0.1, 0.15) is 5.82 Å². The van der Waals surface area contributed by atoms with Gasteiger partial charge < -0.3 is 5.32 Å². The van der Waals surface area contributed by atoms with E-state index in [1.165, 1.54) is 4.68 Å². The monoisotopic (exact) mass is 344 g/mol. The van der Waals surface area contributed by atoms with Gasteiger partial charge in [-0.25, -0.2) is 9.67 Å². The molecule has 1 amide bonds. The molecule has 4 aromatic rings. The molecule has 26 heavy (non-hydrogen) atoms. The van der Waals surface area contributed by atoms with Crippen molar-refractivity contribution in [2.75, 3.05) is 5.32 Å². The number of aromatic nitrogens is 3. The zero-order valence-electron chi connectivity index (χ0n) is 14.1. The Kier molecular flexibility index (Phi) is 3.93. The molecule has 0 unspecified atom stereocenters.